The van der Waals surface area contributed by atoms with E-state index in [4.69, 9.17) is 11.6 Å². The summed E-state index contributed by atoms with van der Waals surface area (Å²) in [5.41, 5.74) is 1.99. The molecule has 1 aliphatic rings. The first-order chi connectivity index (χ1) is 17.3. The molecule has 0 aliphatic carbocycles. The summed E-state index contributed by atoms with van der Waals surface area (Å²) < 4.78 is 27.8. The molecule has 0 saturated carbocycles. The molecule has 9 nitrogen and oxygen atoms in total. The Kier molecular flexibility index (Phi) is 6.67. The molecule has 184 valence electrons. The van der Waals surface area contributed by atoms with Crippen molar-refractivity contribution in [2.75, 3.05) is 26.2 Å². The number of aliphatic hydroxyl groups is 1. The van der Waals surface area contributed by atoms with E-state index in [9.17, 15) is 18.3 Å². The SMILES string of the molecule is O=C(c1ncc(-c2ccnc(CO)c2)cn1)N1CCN(S(=O)(=O)c2ccc3cc(Cl)ccc3c2)CC1. The molecule has 1 N–H and O–H groups in total. The van der Waals surface area contributed by atoms with Gasteiger partial charge in [0.15, 0.2) is 0 Å². The third kappa shape index (κ3) is 4.80. The van der Waals surface area contributed by atoms with Crippen molar-refractivity contribution in [1.82, 2.24) is 24.2 Å². The normalized spacial score (nSPS) is 14.8. The van der Waals surface area contributed by atoms with Crippen molar-refractivity contribution < 1.29 is 18.3 Å². The summed E-state index contributed by atoms with van der Waals surface area (Å²) in [6.07, 6.45) is 4.68. The first-order valence-electron chi connectivity index (χ1n) is 11.2. The number of amides is 1. The van der Waals surface area contributed by atoms with Gasteiger partial charge in [-0.1, -0.05) is 23.7 Å². The van der Waals surface area contributed by atoms with E-state index in [1.54, 1.807) is 72.0 Å². The highest BCUT2D eigenvalue weighted by molar-refractivity contribution is 7.89. The fourth-order valence-corrected chi connectivity index (χ4v) is 5.75. The summed E-state index contributed by atoms with van der Waals surface area (Å²) in [7, 11) is -3.71. The monoisotopic (exact) mass is 523 g/mol. The number of hydrogen-bond acceptors (Lipinski definition) is 7. The summed E-state index contributed by atoms with van der Waals surface area (Å²) >= 11 is 6.02. The standard InChI is InChI=1S/C25H22ClN5O4S/c26-21-3-1-18-13-23(4-2-17(18)11-21)36(34,35)31-9-7-30(8-10-31)25(33)24-28-14-20(15-29-24)19-5-6-27-22(12-19)16-32/h1-6,11-15,32H,7-10,16H2. The number of piperazine rings is 1. The summed E-state index contributed by atoms with van der Waals surface area (Å²) in [6.45, 7) is 0.632. The van der Waals surface area contributed by atoms with E-state index in [0.717, 1.165) is 16.3 Å². The number of sulfonamides is 1. The Labute approximate surface area is 213 Å². The summed E-state index contributed by atoms with van der Waals surface area (Å²) in [5, 5.41) is 11.5. The van der Waals surface area contributed by atoms with Crippen molar-refractivity contribution in [3.8, 4) is 11.1 Å². The number of hydrogen-bond donors (Lipinski definition) is 1. The van der Waals surface area contributed by atoms with Crippen LogP contribution in [0.4, 0.5) is 0 Å². The number of aromatic nitrogens is 3. The summed E-state index contributed by atoms with van der Waals surface area (Å²) in [4.78, 5) is 27.2. The van der Waals surface area contributed by atoms with Gasteiger partial charge in [0.25, 0.3) is 5.91 Å². The van der Waals surface area contributed by atoms with Gasteiger partial charge in [-0.25, -0.2) is 18.4 Å². The lowest BCUT2D eigenvalue weighted by atomic mass is 10.1. The molecule has 0 radical (unpaired) electrons. The minimum absolute atomic E-state index is 0.0414. The molecule has 0 unspecified atom stereocenters. The molecular formula is C25H22ClN5O4S. The van der Waals surface area contributed by atoms with E-state index >= 15 is 0 Å². The Morgan fingerprint density at radius 2 is 1.58 bits per heavy atom. The first-order valence-corrected chi connectivity index (χ1v) is 13.0. The third-order valence-electron chi connectivity index (χ3n) is 6.09. The molecule has 0 bridgehead atoms. The van der Waals surface area contributed by atoms with E-state index in [-0.39, 0.29) is 49.4 Å². The van der Waals surface area contributed by atoms with Crippen LogP contribution in [-0.2, 0) is 16.6 Å². The smallest absolute Gasteiger partial charge is 0.291 e. The number of carbonyl (C=O) groups excluding carboxylic acids is 1. The van der Waals surface area contributed by atoms with Crippen LogP contribution < -0.4 is 0 Å². The maximum absolute atomic E-state index is 13.2. The number of benzene rings is 2. The molecule has 1 amide bonds. The number of halogens is 1. The number of nitrogens with zero attached hydrogens (tertiary/aromatic N) is 5. The average molecular weight is 524 g/mol. The van der Waals surface area contributed by atoms with Crippen LogP contribution in [0.25, 0.3) is 21.9 Å². The number of aliphatic hydroxyl groups excluding tert-OH is 1. The lowest BCUT2D eigenvalue weighted by molar-refractivity contribution is 0.0685. The maximum atomic E-state index is 13.2. The second kappa shape index (κ2) is 9.90. The van der Waals surface area contributed by atoms with Gasteiger partial charge in [0.05, 0.1) is 17.2 Å². The second-order valence-corrected chi connectivity index (χ2v) is 10.7. The average Bonchev–Trinajstić information content (AvgIpc) is 2.92. The van der Waals surface area contributed by atoms with Gasteiger partial charge in [-0.3, -0.25) is 9.78 Å². The van der Waals surface area contributed by atoms with Crippen molar-refractivity contribution in [3.05, 3.63) is 83.7 Å². The number of rotatable bonds is 5. The van der Waals surface area contributed by atoms with Gasteiger partial charge < -0.3 is 10.0 Å². The van der Waals surface area contributed by atoms with Crippen LogP contribution in [-0.4, -0.2) is 69.8 Å². The van der Waals surface area contributed by atoms with Crippen LogP contribution >= 0.6 is 11.6 Å². The van der Waals surface area contributed by atoms with Crippen molar-refractivity contribution >= 4 is 38.3 Å². The molecular weight excluding hydrogens is 502 g/mol. The summed E-state index contributed by atoms with van der Waals surface area (Å²) in [5.74, 6) is -0.313. The molecule has 36 heavy (non-hydrogen) atoms. The van der Waals surface area contributed by atoms with E-state index < -0.39 is 10.0 Å². The fraction of sp³-hybridized carbons (Fsp3) is 0.200. The van der Waals surface area contributed by atoms with E-state index in [1.165, 1.54) is 4.31 Å². The third-order valence-corrected chi connectivity index (χ3v) is 8.22. The van der Waals surface area contributed by atoms with Crippen LogP contribution in [0.2, 0.25) is 5.02 Å². The minimum atomic E-state index is -3.71. The van der Waals surface area contributed by atoms with Gasteiger partial charge >= 0.3 is 0 Å². The molecule has 4 aromatic rings. The van der Waals surface area contributed by atoms with Crippen molar-refractivity contribution in [2.24, 2.45) is 0 Å². The second-order valence-electron chi connectivity index (χ2n) is 8.34. The Balaban J connectivity index is 1.26. The molecule has 0 atom stereocenters. The molecule has 11 heteroatoms. The quantitative estimate of drug-likeness (QED) is 0.427. The Bertz CT molecular complexity index is 1540. The number of pyridine rings is 1. The van der Waals surface area contributed by atoms with Crippen molar-refractivity contribution in [3.63, 3.8) is 0 Å². The van der Waals surface area contributed by atoms with E-state index in [2.05, 4.69) is 15.0 Å². The Morgan fingerprint density at radius 3 is 2.31 bits per heavy atom. The van der Waals surface area contributed by atoms with Gasteiger partial charge in [0.1, 0.15) is 0 Å². The molecule has 5 rings (SSSR count). The molecule has 2 aromatic heterocycles. The van der Waals surface area contributed by atoms with Gasteiger partial charge in [0.2, 0.25) is 15.8 Å². The number of carbonyl (C=O) groups is 1. The summed E-state index contributed by atoms with van der Waals surface area (Å²) in [6, 6.07) is 13.8. The highest BCUT2D eigenvalue weighted by Gasteiger charge is 2.31. The van der Waals surface area contributed by atoms with Crippen LogP contribution in [0.5, 0.6) is 0 Å². The molecule has 2 aromatic carbocycles. The predicted octanol–water partition coefficient (Wildman–Crippen LogP) is 2.98. The fourth-order valence-electron chi connectivity index (χ4n) is 4.11. The highest BCUT2D eigenvalue weighted by Crippen LogP contribution is 2.25. The van der Waals surface area contributed by atoms with Crippen molar-refractivity contribution in [1.29, 1.82) is 0 Å². The topological polar surface area (TPSA) is 117 Å². The van der Waals surface area contributed by atoms with Gasteiger partial charge in [0, 0.05) is 55.4 Å². The minimum Gasteiger partial charge on any atom is -0.390 e. The zero-order chi connectivity index (χ0) is 25.3. The highest BCUT2D eigenvalue weighted by atomic mass is 35.5. The zero-order valence-corrected chi connectivity index (χ0v) is 20.7. The van der Waals surface area contributed by atoms with Crippen LogP contribution in [0.15, 0.2) is 72.0 Å². The van der Waals surface area contributed by atoms with Crippen molar-refractivity contribution in [2.45, 2.75) is 11.5 Å². The number of fused-ring (bicyclic) bond motifs is 1. The van der Waals surface area contributed by atoms with Crippen LogP contribution in [0.1, 0.15) is 16.3 Å². The molecule has 0 spiro atoms. The molecule has 1 fully saturated rings. The molecule has 1 aliphatic heterocycles. The largest absolute Gasteiger partial charge is 0.390 e. The lowest BCUT2D eigenvalue weighted by Crippen LogP contribution is -2.50. The Morgan fingerprint density at radius 1 is 0.889 bits per heavy atom. The van der Waals surface area contributed by atoms with E-state index in [0.29, 0.717) is 16.3 Å². The van der Waals surface area contributed by atoms with E-state index in [1.807, 2.05) is 0 Å². The van der Waals surface area contributed by atoms with Gasteiger partial charge in [-0.05, 0) is 52.7 Å². The van der Waals surface area contributed by atoms with Crippen LogP contribution in [0, 0.1) is 0 Å². The van der Waals surface area contributed by atoms with Crippen LogP contribution in [0.3, 0.4) is 0 Å². The predicted molar refractivity (Wildman–Crippen MR) is 135 cm³/mol. The maximum Gasteiger partial charge on any atom is 0.291 e. The van der Waals surface area contributed by atoms with Gasteiger partial charge in [-0.2, -0.15) is 4.31 Å². The zero-order valence-electron chi connectivity index (χ0n) is 19.1. The lowest BCUT2D eigenvalue weighted by Gasteiger charge is -2.33. The molecule has 3 heterocycles. The molecule has 1 saturated heterocycles. The van der Waals surface area contributed by atoms with Gasteiger partial charge in [-0.15, -0.1) is 0 Å². The Hall–Kier alpha value is -3.44. The first kappa shape index (κ1) is 24.3.